The predicted molar refractivity (Wildman–Crippen MR) is 107 cm³/mol. The number of hydrogen-bond acceptors (Lipinski definition) is 3. The van der Waals surface area contributed by atoms with E-state index >= 15 is 0 Å². The number of rotatable bonds is 7. The highest BCUT2D eigenvalue weighted by molar-refractivity contribution is 5.76. The molecule has 0 aromatic heterocycles. The monoisotopic (exact) mass is 375 g/mol. The fourth-order valence-corrected chi connectivity index (χ4v) is 4.45. The minimum atomic E-state index is -0.176. The van der Waals surface area contributed by atoms with Crippen molar-refractivity contribution in [3.8, 4) is 0 Å². The third kappa shape index (κ3) is 5.52. The van der Waals surface area contributed by atoms with Crippen molar-refractivity contribution in [3.63, 3.8) is 0 Å². The second-order valence-corrected chi connectivity index (χ2v) is 8.36. The molecule has 2 aliphatic heterocycles. The van der Waals surface area contributed by atoms with E-state index in [1.165, 1.54) is 6.07 Å². The Kier molecular flexibility index (Phi) is 7.25. The van der Waals surface area contributed by atoms with Crippen molar-refractivity contribution in [1.82, 2.24) is 15.1 Å². The summed E-state index contributed by atoms with van der Waals surface area (Å²) in [6, 6.07) is 7.49. The van der Waals surface area contributed by atoms with Crippen LogP contribution in [0.4, 0.5) is 4.39 Å². The van der Waals surface area contributed by atoms with Crippen molar-refractivity contribution in [2.24, 2.45) is 5.92 Å². The van der Waals surface area contributed by atoms with Gasteiger partial charge >= 0.3 is 0 Å². The highest BCUT2D eigenvalue weighted by Gasteiger charge is 2.27. The second kappa shape index (κ2) is 9.65. The molecule has 1 atom stereocenters. The van der Waals surface area contributed by atoms with Crippen LogP contribution >= 0.6 is 0 Å². The summed E-state index contributed by atoms with van der Waals surface area (Å²) >= 11 is 0. The lowest BCUT2D eigenvalue weighted by molar-refractivity contribution is -0.122. The van der Waals surface area contributed by atoms with E-state index in [0.29, 0.717) is 30.5 Å². The molecule has 2 fully saturated rings. The molecule has 1 aromatic rings. The summed E-state index contributed by atoms with van der Waals surface area (Å²) in [5, 5.41) is 3.11. The third-order valence-electron chi connectivity index (χ3n) is 6.19. The number of carbonyl (C=O) groups is 1. The number of piperidine rings is 1. The van der Waals surface area contributed by atoms with Crippen LogP contribution in [0, 0.1) is 11.7 Å². The number of hydrogen-bond donors (Lipinski definition) is 1. The largest absolute Gasteiger partial charge is 0.354 e. The number of halogens is 1. The standard InChI is InChI=1S/C22H34FN3O/c1-17(2)25-13-9-18(10-14-25)15-22(27)24-16-21(26-11-5-6-12-26)19-7-3-4-8-20(19)23/h3-4,7-8,17-18,21H,5-6,9-16H2,1-2H3,(H,24,27)/t21-/m1/s1. The molecule has 2 saturated heterocycles. The molecule has 2 aliphatic rings. The van der Waals surface area contributed by atoms with Crippen LogP contribution in [0.25, 0.3) is 0 Å². The Morgan fingerprint density at radius 2 is 1.78 bits per heavy atom. The fraction of sp³-hybridized carbons (Fsp3) is 0.682. The lowest BCUT2D eigenvalue weighted by Gasteiger charge is -2.34. The van der Waals surface area contributed by atoms with Gasteiger partial charge in [-0.3, -0.25) is 9.69 Å². The Morgan fingerprint density at radius 1 is 1.11 bits per heavy atom. The van der Waals surface area contributed by atoms with Gasteiger partial charge in [0, 0.05) is 24.6 Å². The summed E-state index contributed by atoms with van der Waals surface area (Å²) in [6.45, 7) is 9.07. The van der Waals surface area contributed by atoms with Crippen LogP contribution in [0.1, 0.15) is 57.6 Å². The Balaban J connectivity index is 1.53. The lowest BCUT2D eigenvalue weighted by atomic mass is 9.92. The molecule has 1 amide bonds. The minimum Gasteiger partial charge on any atom is -0.354 e. The van der Waals surface area contributed by atoms with Gasteiger partial charge in [0.05, 0.1) is 6.04 Å². The molecule has 5 heteroatoms. The van der Waals surface area contributed by atoms with Crippen molar-refractivity contribution in [2.75, 3.05) is 32.7 Å². The fourth-order valence-electron chi connectivity index (χ4n) is 4.45. The maximum atomic E-state index is 14.3. The molecule has 27 heavy (non-hydrogen) atoms. The Labute approximate surface area is 163 Å². The summed E-state index contributed by atoms with van der Waals surface area (Å²) in [4.78, 5) is 17.3. The molecule has 2 heterocycles. The van der Waals surface area contributed by atoms with Crippen LogP contribution in [0.3, 0.4) is 0 Å². The van der Waals surface area contributed by atoms with E-state index in [1.54, 1.807) is 6.07 Å². The molecule has 1 aromatic carbocycles. The molecule has 0 radical (unpaired) electrons. The first kappa shape index (κ1) is 20.3. The maximum Gasteiger partial charge on any atom is 0.220 e. The molecule has 0 saturated carbocycles. The predicted octanol–water partition coefficient (Wildman–Crippen LogP) is 3.59. The van der Waals surface area contributed by atoms with Crippen molar-refractivity contribution >= 4 is 5.91 Å². The van der Waals surface area contributed by atoms with Gasteiger partial charge in [-0.25, -0.2) is 4.39 Å². The normalized spacial score (nSPS) is 20.9. The van der Waals surface area contributed by atoms with Crippen molar-refractivity contribution in [3.05, 3.63) is 35.6 Å². The van der Waals surface area contributed by atoms with Crippen molar-refractivity contribution in [2.45, 2.75) is 58.0 Å². The maximum absolute atomic E-state index is 14.3. The highest BCUT2D eigenvalue weighted by Crippen LogP contribution is 2.27. The Hall–Kier alpha value is -1.46. The van der Waals surface area contributed by atoms with E-state index in [4.69, 9.17) is 0 Å². The van der Waals surface area contributed by atoms with E-state index < -0.39 is 0 Å². The smallest absolute Gasteiger partial charge is 0.220 e. The van der Waals surface area contributed by atoms with E-state index in [-0.39, 0.29) is 17.8 Å². The van der Waals surface area contributed by atoms with Gasteiger partial charge in [0.25, 0.3) is 0 Å². The SMILES string of the molecule is CC(C)N1CCC(CC(=O)NC[C@H](c2ccccc2F)N2CCCC2)CC1. The van der Waals surface area contributed by atoms with Gasteiger partial charge in [-0.05, 0) is 77.7 Å². The Morgan fingerprint density at radius 3 is 2.41 bits per heavy atom. The van der Waals surface area contributed by atoms with E-state index in [1.807, 2.05) is 12.1 Å². The highest BCUT2D eigenvalue weighted by atomic mass is 19.1. The third-order valence-corrected chi connectivity index (χ3v) is 6.19. The average molecular weight is 376 g/mol. The molecule has 1 N–H and O–H groups in total. The Bertz CT molecular complexity index is 607. The van der Waals surface area contributed by atoms with Gasteiger partial charge in [0.2, 0.25) is 5.91 Å². The van der Waals surface area contributed by atoms with Crippen LogP contribution in [-0.2, 0) is 4.79 Å². The van der Waals surface area contributed by atoms with Gasteiger partial charge in [-0.15, -0.1) is 0 Å². The molecule has 0 aliphatic carbocycles. The molecule has 0 spiro atoms. The molecular formula is C22H34FN3O. The van der Waals surface area contributed by atoms with Crippen molar-refractivity contribution in [1.29, 1.82) is 0 Å². The zero-order chi connectivity index (χ0) is 19.2. The summed E-state index contributed by atoms with van der Waals surface area (Å²) in [5.41, 5.74) is 0.699. The van der Waals surface area contributed by atoms with Gasteiger partial charge in [0.15, 0.2) is 0 Å². The molecule has 4 nitrogen and oxygen atoms in total. The molecule has 150 valence electrons. The first-order valence-corrected chi connectivity index (χ1v) is 10.5. The van der Waals surface area contributed by atoms with E-state index in [9.17, 15) is 9.18 Å². The van der Waals surface area contributed by atoms with E-state index in [0.717, 1.165) is 51.9 Å². The van der Waals surface area contributed by atoms with Crippen LogP contribution in [-0.4, -0.2) is 54.5 Å². The van der Waals surface area contributed by atoms with Crippen LogP contribution in [0.2, 0.25) is 0 Å². The number of carbonyl (C=O) groups excluding carboxylic acids is 1. The average Bonchev–Trinajstić information content (AvgIpc) is 3.18. The zero-order valence-electron chi connectivity index (χ0n) is 16.8. The number of amides is 1. The quantitative estimate of drug-likeness (QED) is 0.791. The second-order valence-electron chi connectivity index (χ2n) is 8.36. The first-order chi connectivity index (χ1) is 13.0. The van der Waals surface area contributed by atoms with Gasteiger partial charge in [0.1, 0.15) is 5.82 Å². The molecule has 0 unspecified atom stereocenters. The van der Waals surface area contributed by atoms with Crippen LogP contribution in [0.5, 0.6) is 0 Å². The van der Waals surface area contributed by atoms with Gasteiger partial charge in [-0.2, -0.15) is 0 Å². The van der Waals surface area contributed by atoms with Crippen LogP contribution < -0.4 is 5.32 Å². The van der Waals surface area contributed by atoms with Crippen LogP contribution in [0.15, 0.2) is 24.3 Å². The first-order valence-electron chi connectivity index (χ1n) is 10.5. The summed E-state index contributed by atoms with van der Waals surface area (Å²) in [5.74, 6) is 0.405. The lowest BCUT2D eigenvalue weighted by Crippen LogP contribution is -2.41. The van der Waals surface area contributed by atoms with E-state index in [2.05, 4.69) is 29.0 Å². The number of likely N-dealkylation sites (tertiary alicyclic amines) is 2. The van der Waals surface area contributed by atoms with Gasteiger partial charge in [-0.1, -0.05) is 18.2 Å². The summed E-state index contributed by atoms with van der Waals surface area (Å²) < 4.78 is 14.3. The molecule has 3 rings (SSSR count). The number of benzene rings is 1. The van der Waals surface area contributed by atoms with Gasteiger partial charge < -0.3 is 10.2 Å². The number of nitrogens with zero attached hydrogens (tertiary/aromatic N) is 2. The topological polar surface area (TPSA) is 35.6 Å². The van der Waals surface area contributed by atoms with Crippen molar-refractivity contribution < 1.29 is 9.18 Å². The molecule has 0 bridgehead atoms. The number of nitrogens with one attached hydrogen (secondary N) is 1. The summed E-state index contributed by atoms with van der Waals surface area (Å²) in [6.07, 6.45) is 5.07. The molecular weight excluding hydrogens is 341 g/mol. The minimum absolute atomic E-state index is 0.0690. The zero-order valence-corrected chi connectivity index (χ0v) is 16.8. The summed E-state index contributed by atoms with van der Waals surface area (Å²) in [7, 11) is 0.